The van der Waals surface area contributed by atoms with E-state index in [9.17, 15) is 19.1 Å². The van der Waals surface area contributed by atoms with E-state index >= 15 is 0 Å². The van der Waals surface area contributed by atoms with Crippen LogP contribution in [0.2, 0.25) is 0 Å². The predicted octanol–water partition coefficient (Wildman–Crippen LogP) is 6.36. The fourth-order valence-corrected chi connectivity index (χ4v) is 5.42. The second kappa shape index (κ2) is 10.7. The van der Waals surface area contributed by atoms with Gasteiger partial charge in [0.2, 0.25) is 5.91 Å². The first-order chi connectivity index (χ1) is 17.1. The molecule has 1 atom stereocenters. The lowest BCUT2D eigenvalue weighted by Crippen LogP contribution is -2.28. The highest BCUT2D eigenvalue weighted by atomic mass is 19.1. The SMILES string of the molecule is CCC(C)(C)CC1CC(c2nnn(C(CCC(=O)O)CC(=O)Nc3ccc(C)cc3F)c2C2CC2)C1. The number of aryl methyl sites for hydroxylation is 1. The number of nitrogens with zero attached hydrogens (tertiary/aromatic N) is 3. The van der Waals surface area contributed by atoms with Crippen LogP contribution in [-0.2, 0) is 9.59 Å². The van der Waals surface area contributed by atoms with Crippen LogP contribution in [0.4, 0.5) is 10.1 Å². The summed E-state index contributed by atoms with van der Waals surface area (Å²) in [5.74, 6) is -0.331. The molecule has 2 fully saturated rings. The van der Waals surface area contributed by atoms with Crippen molar-refractivity contribution in [1.82, 2.24) is 15.0 Å². The van der Waals surface area contributed by atoms with Crippen molar-refractivity contribution in [3.05, 3.63) is 41.0 Å². The molecule has 1 aromatic heterocycles. The smallest absolute Gasteiger partial charge is 0.303 e. The number of aromatic nitrogens is 3. The number of nitrogens with one attached hydrogen (secondary N) is 1. The first-order valence-electron chi connectivity index (χ1n) is 13.3. The number of rotatable bonds is 12. The summed E-state index contributed by atoms with van der Waals surface area (Å²) < 4.78 is 16.1. The molecule has 0 aliphatic heterocycles. The highest BCUT2D eigenvalue weighted by Crippen LogP contribution is 2.51. The minimum atomic E-state index is -0.918. The summed E-state index contributed by atoms with van der Waals surface area (Å²) in [6.07, 6.45) is 6.91. The topological polar surface area (TPSA) is 97.1 Å². The number of hydrogen-bond donors (Lipinski definition) is 2. The number of anilines is 1. The average molecular weight is 499 g/mol. The van der Waals surface area contributed by atoms with E-state index in [-0.39, 0.29) is 30.9 Å². The van der Waals surface area contributed by atoms with E-state index in [0.717, 1.165) is 49.1 Å². The van der Waals surface area contributed by atoms with E-state index in [1.807, 2.05) is 4.68 Å². The number of aliphatic carboxylic acids is 1. The van der Waals surface area contributed by atoms with Gasteiger partial charge in [0, 0.05) is 24.7 Å². The summed E-state index contributed by atoms with van der Waals surface area (Å²) in [7, 11) is 0. The molecule has 2 saturated carbocycles. The molecule has 7 nitrogen and oxygen atoms in total. The van der Waals surface area contributed by atoms with Crippen LogP contribution in [0, 0.1) is 24.1 Å². The Morgan fingerprint density at radius 3 is 2.58 bits per heavy atom. The maximum Gasteiger partial charge on any atom is 0.303 e. The van der Waals surface area contributed by atoms with E-state index in [0.29, 0.717) is 23.2 Å². The number of amides is 1. The lowest BCUT2D eigenvalue weighted by molar-refractivity contribution is -0.137. The molecule has 0 saturated heterocycles. The molecule has 1 heterocycles. The van der Waals surface area contributed by atoms with Crippen LogP contribution in [0.1, 0.15) is 113 Å². The van der Waals surface area contributed by atoms with Gasteiger partial charge < -0.3 is 10.4 Å². The van der Waals surface area contributed by atoms with Crippen LogP contribution in [0.15, 0.2) is 18.2 Å². The largest absolute Gasteiger partial charge is 0.481 e. The molecule has 0 bridgehead atoms. The van der Waals surface area contributed by atoms with Crippen LogP contribution in [0.5, 0.6) is 0 Å². The van der Waals surface area contributed by atoms with Crippen molar-refractivity contribution in [1.29, 1.82) is 0 Å². The van der Waals surface area contributed by atoms with Gasteiger partial charge in [-0.1, -0.05) is 38.5 Å². The molecule has 36 heavy (non-hydrogen) atoms. The van der Waals surface area contributed by atoms with Gasteiger partial charge in [-0.05, 0) is 74.5 Å². The van der Waals surface area contributed by atoms with E-state index in [1.165, 1.54) is 12.5 Å². The molecular weight excluding hydrogens is 459 g/mol. The fourth-order valence-electron chi connectivity index (χ4n) is 5.42. The molecule has 8 heteroatoms. The van der Waals surface area contributed by atoms with Crippen molar-refractivity contribution in [2.75, 3.05) is 5.32 Å². The summed E-state index contributed by atoms with van der Waals surface area (Å²) in [5.41, 5.74) is 3.36. The number of halogens is 1. The monoisotopic (exact) mass is 498 g/mol. The molecule has 1 unspecified atom stereocenters. The van der Waals surface area contributed by atoms with Gasteiger partial charge in [-0.3, -0.25) is 9.59 Å². The van der Waals surface area contributed by atoms with Crippen LogP contribution in [-0.4, -0.2) is 32.0 Å². The zero-order chi connectivity index (χ0) is 26.0. The summed E-state index contributed by atoms with van der Waals surface area (Å²) >= 11 is 0. The molecule has 2 aromatic rings. The second-order valence-corrected chi connectivity index (χ2v) is 11.7. The number of benzene rings is 1. The Morgan fingerprint density at radius 1 is 1.25 bits per heavy atom. The molecular formula is C28H39FN4O3. The number of carbonyl (C=O) groups is 2. The van der Waals surface area contributed by atoms with Crippen molar-refractivity contribution < 1.29 is 19.1 Å². The number of carboxylic acid groups (broad SMARTS) is 1. The van der Waals surface area contributed by atoms with Gasteiger partial charge in [0.1, 0.15) is 5.82 Å². The van der Waals surface area contributed by atoms with Gasteiger partial charge >= 0.3 is 5.97 Å². The number of carboxylic acids is 1. The average Bonchev–Trinajstić information content (AvgIpc) is 3.54. The van der Waals surface area contributed by atoms with Crippen molar-refractivity contribution in [2.24, 2.45) is 11.3 Å². The molecule has 2 N–H and O–H groups in total. The van der Waals surface area contributed by atoms with Crippen LogP contribution in [0.3, 0.4) is 0 Å². The molecule has 0 radical (unpaired) electrons. The molecule has 1 aromatic carbocycles. The van der Waals surface area contributed by atoms with Gasteiger partial charge in [0.25, 0.3) is 0 Å². The molecule has 4 rings (SSSR count). The molecule has 196 valence electrons. The van der Waals surface area contributed by atoms with E-state index in [4.69, 9.17) is 0 Å². The summed E-state index contributed by atoms with van der Waals surface area (Å²) in [4.78, 5) is 24.3. The van der Waals surface area contributed by atoms with Gasteiger partial charge in [0.05, 0.1) is 23.1 Å². The molecule has 0 spiro atoms. The molecule has 2 aliphatic rings. The lowest BCUT2D eigenvalue weighted by atomic mass is 9.66. The minimum Gasteiger partial charge on any atom is -0.481 e. The third-order valence-electron chi connectivity index (χ3n) is 8.00. The van der Waals surface area contributed by atoms with Gasteiger partial charge in [-0.25, -0.2) is 9.07 Å². The van der Waals surface area contributed by atoms with Crippen molar-refractivity contribution in [3.8, 4) is 0 Å². The summed E-state index contributed by atoms with van der Waals surface area (Å²) in [6.45, 7) is 8.68. The van der Waals surface area contributed by atoms with Gasteiger partial charge in [-0.2, -0.15) is 0 Å². The normalized spacial score (nSPS) is 20.6. The van der Waals surface area contributed by atoms with Gasteiger partial charge in [-0.15, -0.1) is 5.10 Å². The van der Waals surface area contributed by atoms with Crippen LogP contribution in [0.25, 0.3) is 0 Å². The molecule has 1 amide bonds. The lowest BCUT2D eigenvalue weighted by Gasteiger charge is -2.39. The standard InChI is InChI=1S/C28H39FN4O3/c1-5-28(3,4)16-18-13-20(14-18)26-27(19-7-8-19)33(32-31-26)21(9-11-25(35)36)15-24(34)30-23-10-6-17(2)12-22(23)29/h6,10,12,18-21H,5,7-9,11,13-16H2,1-4H3,(H,30,34)(H,35,36). The number of hydrogen-bond acceptors (Lipinski definition) is 4. The zero-order valence-electron chi connectivity index (χ0n) is 21.9. The molecule has 2 aliphatic carbocycles. The maximum absolute atomic E-state index is 14.3. The summed E-state index contributed by atoms with van der Waals surface area (Å²) in [5, 5.41) is 21.0. The first-order valence-corrected chi connectivity index (χ1v) is 13.3. The van der Waals surface area contributed by atoms with Crippen LogP contribution >= 0.6 is 0 Å². The highest BCUT2D eigenvalue weighted by Gasteiger charge is 2.41. The highest BCUT2D eigenvalue weighted by molar-refractivity contribution is 5.91. The third-order valence-corrected chi connectivity index (χ3v) is 8.00. The Morgan fingerprint density at radius 2 is 1.97 bits per heavy atom. The second-order valence-electron chi connectivity index (χ2n) is 11.7. The van der Waals surface area contributed by atoms with Crippen molar-refractivity contribution in [2.45, 2.75) is 103 Å². The Labute approximate surface area is 212 Å². The maximum atomic E-state index is 14.3. The Balaban J connectivity index is 1.50. The van der Waals surface area contributed by atoms with Gasteiger partial charge in [0.15, 0.2) is 0 Å². The van der Waals surface area contributed by atoms with E-state index < -0.39 is 17.8 Å². The Kier molecular flexibility index (Phi) is 7.81. The predicted molar refractivity (Wildman–Crippen MR) is 136 cm³/mol. The summed E-state index contributed by atoms with van der Waals surface area (Å²) in [6, 6.07) is 4.22. The van der Waals surface area contributed by atoms with Crippen molar-refractivity contribution >= 4 is 17.6 Å². The quantitative estimate of drug-likeness (QED) is 0.355. The fraction of sp³-hybridized carbons (Fsp3) is 0.643. The Hall–Kier alpha value is -2.77. The van der Waals surface area contributed by atoms with Crippen molar-refractivity contribution in [3.63, 3.8) is 0 Å². The third kappa shape index (κ3) is 6.31. The zero-order valence-corrected chi connectivity index (χ0v) is 21.9. The first kappa shape index (κ1) is 26.3. The Bertz CT molecular complexity index is 1100. The van der Waals surface area contributed by atoms with Crippen LogP contribution < -0.4 is 5.32 Å². The number of carbonyl (C=O) groups excluding carboxylic acids is 1. The van der Waals surface area contributed by atoms with E-state index in [2.05, 4.69) is 36.4 Å². The minimum absolute atomic E-state index is 0.0150. The van der Waals surface area contributed by atoms with E-state index in [1.54, 1.807) is 19.1 Å².